The lowest BCUT2D eigenvalue weighted by molar-refractivity contribution is -0.135. The van der Waals surface area contributed by atoms with Gasteiger partial charge in [-0.3, -0.25) is 9.59 Å². The van der Waals surface area contributed by atoms with E-state index in [0.717, 1.165) is 16.3 Å². The largest absolute Gasteiger partial charge is 0.505 e. The molecule has 0 aliphatic rings. The lowest BCUT2D eigenvalue weighted by Gasteiger charge is -2.10. The van der Waals surface area contributed by atoms with Gasteiger partial charge in [-0.05, 0) is 28.5 Å². The number of hydrogen-bond acceptors (Lipinski definition) is 5. The van der Waals surface area contributed by atoms with Crippen molar-refractivity contribution in [3.05, 3.63) is 71.7 Å². The van der Waals surface area contributed by atoms with E-state index in [1.807, 2.05) is 48.5 Å². The molecule has 0 unspecified atom stereocenters. The topological polar surface area (TPSA) is 128 Å². The van der Waals surface area contributed by atoms with E-state index in [-0.39, 0.29) is 11.4 Å². The van der Waals surface area contributed by atoms with E-state index >= 15 is 0 Å². The molecule has 2 aromatic heterocycles. The summed E-state index contributed by atoms with van der Waals surface area (Å²) in [6.45, 7) is -0.183. The van der Waals surface area contributed by atoms with Crippen molar-refractivity contribution >= 4 is 33.6 Å². The predicted octanol–water partition coefficient (Wildman–Crippen LogP) is 2.63. The fourth-order valence-electron chi connectivity index (χ4n) is 3.41. The van der Waals surface area contributed by atoms with Gasteiger partial charge in [-0.15, -0.1) is 0 Å². The first-order valence-corrected chi connectivity index (χ1v) is 9.07. The van der Waals surface area contributed by atoms with Crippen molar-refractivity contribution in [1.82, 2.24) is 14.9 Å². The Morgan fingerprint density at radius 2 is 1.90 bits per heavy atom. The zero-order valence-electron chi connectivity index (χ0n) is 15.7. The average Bonchev–Trinajstić information content (AvgIpc) is 3.16. The number of nitriles is 1. The molecule has 0 spiro atoms. The second kappa shape index (κ2) is 7.56. The van der Waals surface area contributed by atoms with Crippen LogP contribution in [0.1, 0.15) is 21.7 Å². The van der Waals surface area contributed by atoms with Crippen LogP contribution in [0.4, 0.5) is 0 Å². The van der Waals surface area contributed by atoms with Crippen LogP contribution in [0, 0.1) is 11.3 Å². The number of nitrogens with one attached hydrogen (secondary N) is 1. The number of pyridine rings is 1. The van der Waals surface area contributed by atoms with Gasteiger partial charge in [0.25, 0.3) is 5.91 Å². The molecule has 1 amide bonds. The number of rotatable bonds is 5. The summed E-state index contributed by atoms with van der Waals surface area (Å²) in [5, 5.41) is 33.4. The number of aliphatic carboxylic acids is 1. The fraction of sp³-hybridized carbons (Fsp3) is 0.0909. The number of nitrogens with zero attached hydrogens (tertiary/aromatic N) is 3. The van der Waals surface area contributed by atoms with E-state index in [2.05, 4.69) is 10.3 Å². The van der Waals surface area contributed by atoms with E-state index in [4.69, 9.17) is 5.11 Å². The minimum absolute atomic E-state index is 0.0333. The highest BCUT2D eigenvalue weighted by molar-refractivity contribution is 6.03. The van der Waals surface area contributed by atoms with Crippen molar-refractivity contribution < 1.29 is 19.8 Å². The summed E-state index contributed by atoms with van der Waals surface area (Å²) in [7, 11) is 0. The van der Waals surface area contributed by atoms with Crippen LogP contribution >= 0.6 is 0 Å². The molecule has 2 aromatic carbocycles. The minimum Gasteiger partial charge on any atom is -0.505 e. The summed E-state index contributed by atoms with van der Waals surface area (Å²) < 4.78 is 1.78. The van der Waals surface area contributed by atoms with Crippen LogP contribution in [0.15, 0.2) is 54.7 Å². The molecule has 2 heterocycles. The molecule has 8 nitrogen and oxygen atoms in total. The Hall–Kier alpha value is -4.38. The Balaban J connectivity index is 1.75. The Morgan fingerprint density at radius 1 is 1.13 bits per heavy atom. The molecular weight excluding hydrogens is 384 g/mol. The molecule has 0 bridgehead atoms. The maximum Gasteiger partial charge on any atom is 0.322 e. The van der Waals surface area contributed by atoms with Crippen molar-refractivity contribution in [2.75, 3.05) is 6.54 Å². The number of carbonyl (C=O) groups excluding carboxylic acids is 1. The third kappa shape index (κ3) is 3.40. The fourth-order valence-corrected chi connectivity index (χ4v) is 3.41. The van der Waals surface area contributed by atoms with Crippen LogP contribution in [0.3, 0.4) is 0 Å². The van der Waals surface area contributed by atoms with Crippen LogP contribution in [0.2, 0.25) is 0 Å². The molecule has 0 radical (unpaired) electrons. The summed E-state index contributed by atoms with van der Waals surface area (Å²) in [5.41, 5.74) is 0.980. The number of carboxylic acid groups (broad SMARTS) is 1. The maximum atomic E-state index is 12.2. The zero-order valence-corrected chi connectivity index (χ0v) is 15.7. The van der Waals surface area contributed by atoms with E-state index in [1.54, 1.807) is 16.8 Å². The summed E-state index contributed by atoms with van der Waals surface area (Å²) in [5.74, 6) is -2.49. The summed E-state index contributed by atoms with van der Waals surface area (Å²) >= 11 is 0. The summed E-state index contributed by atoms with van der Waals surface area (Å²) in [4.78, 5) is 26.8. The van der Waals surface area contributed by atoms with E-state index < -0.39 is 24.2 Å². The first kappa shape index (κ1) is 19.0. The number of carbonyl (C=O) groups is 2. The van der Waals surface area contributed by atoms with Gasteiger partial charge in [-0.2, -0.15) is 5.26 Å². The van der Waals surface area contributed by atoms with Gasteiger partial charge in [0.2, 0.25) is 0 Å². The summed E-state index contributed by atoms with van der Waals surface area (Å²) in [6.07, 6.45) is 1.71. The first-order valence-electron chi connectivity index (χ1n) is 9.07. The van der Waals surface area contributed by atoms with Crippen molar-refractivity contribution in [2.45, 2.75) is 6.54 Å². The molecule has 0 fully saturated rings. The molecular formula is C22H16N4O4. The van der Waals surface area contributed by atoms with Gasteiger partial charge >= 0.3 is 5.97 Å². The van der Waals surface area contributed by atoms with Gasteiger partial charge in [0.15, 0.2) is 17.1 Å². The molecule has 0 atom stereocenters. The quantitative estimate of drug-likeness (QED) is 0.472. The van der Waals surface area contributed by atoms with Gasteiger partial charge in [-0.25, -0.2) is 4.98 Å². The van der Waals surface area contributed by atoms with Crippen molar-refractivity contribution in [1.29, 1.82) is 5.26 Å². The number of aromatic nitrogens is 2. The van der Waals surface area contributed by atoms with Gasteiger partial charge in [0.05, 0.1) is 5.52 Å². The van der Waals surface area contributed by atoms with Gasteiger partial charge in [0.1, 0.15) is 12.6 Å². The van der Waals surface area contributed by atoms with Gasteiger partial charge < -0.3 is 20.1 Å². The van der Waals surface area contributed by atoms with Crippen molar-refractivity contribution in [2.24, 2.45) is 0 Å². The first-order chi connectivity index (χ1) is 14.5. The monoisotopic (exact) mass is 400 g/mol. The Kier molecular flexibility index (Phi) is 4.78. The maximum absolute atomic E-state index is 12.2. The molecule has 0 saturated carbocycles. The normalized spacial score (nSPS) is 10.8. The number of hydrogen-bond donors (Lipinski definition) is 3. The predicted molar refractivity (Wildman–Crippen MR) is 109 cm³/mol. The third-order valence-electron chi connectivity index (χ3n) is 4.78. The van der Waals surface area contributed by atoms with Crippen LogP contribution in [-0.4, -0.2) is 38.2 Å². The highest BCUT2D eigenvalue weighted by atomic mass is 16.4. The van der Waals surface area contributed by atoms with Crippen molar-refractivity contribution in [3.8, 4) is 11.8 Å². The lowest BCUT2D eigenvalue weighted by atomic mass is 10.1. The smallest absolute Gasteiger partial charge is 0.322 e. The number of aromatic hydroxyl groups is 1. The second-order valence-electron chi connectivity index (χ2n) is 6.73. The molecule has 0 aliphatic heterocycles. The van der Waals surface area contributed by atoms with Crippen LogP contribution in [-0.2, 0) is 11.3 Å². The number of carboxylic acids is 1. The van der Waals surface area contributed by atoms with Gasteiger partial charge in [0, 0.05) is 18.1 Å². The molecule has 0 aliphatic carbocycles. The number of benzene rings is 2. The van der Waals surface area contributed by atoms with Crippen molar-refractivity contribution in [3.63, 3.8) is 0 Å². The molecule has 4 rings (SSSR count). The van der Waals surface area contributed by atoms with E-state index in [0.29, 0.717) is 17.4 Å². The molecule has 4 aromatic rings. The zero-order chi connectivity index (χ0) is 21.3. The second-order valence-corrected chi connectivity index (χ2v) is 6.73. The Bertz CT molecular complexity index is 1350. The van der Waals surface area contributed by atoms with Crippen LogP contribution in [0.25, 0.3) is 21.7 Å². The molecule has 30 heavy (non-hydrogen) atoms. The van der Waals surface area contributed by atoms with Crippen LogP contribution < -0.4 is 5.32 Å². The summed E-state index contributed by atoms with van der Waals surface area (Å²) in [6, 6.07) is 17.6. The highest BCUT2D eigenvalue weighted by Crippen LogP contribution is 2.31. The van der Waals surface area contributed by atoms with E-state index in [9.17, 15) is 20.0 Å². The highest BCUT2D eigenvalue weighted by Gasteiger charge is 2.22. The lowest BCUT2D eigenvalue weighted by Crippen LogP contribution is -2.30. The standard InChI is InChI=1S/C22H16N4O4/c23-10-17-20-16(21(29)19(25-17)22(30)24-11-18(27)28)7-8-26(20)12-13-5-6-14-3-1-2-4-15(14)9-13/h1-9,29H,11-12H2,(H,24,30)(H,27,28). The molecule has 148 valence electrons. The van der Waals surface area contributed by atoms with Gasteiger partial charge in [-0.1, -0.05) is 36.4 Å². The molecule has 3 N–H and O–H groups in total. The van der Waals surface area contributed by atoms with E-state index in [1.165, 1.54) is 0 Å². The molecule has 0 saturated heterocycles. The number of amides is 1. The number of fused-ring (bicyclic) bond motifs is 2. The SMILES string of the molecule is N#Cc1nc(C(=O)NCC(=O)O)c(O)c2ccn(Cc3ccc4ccccc4c3)c12. The Labute approximate surface area is 170 Å². The average molecular weight is 400 g/mol. The van der Waals surface area contributed by atoms with Crippen LogP contribution in [0.5, 0.6) is 5.75 Å². The Morgan fingerprint density at radius 3 is 2.63 bits per heavy atom. The minimum atomic E-state index is -1.23. The third-order valence-corrected chi connectivity index (χ3v) is 4.78. The molecule has 8 heteroatoms.